The zero-order chi connectivity index (χ0) is 26.7. The topological polar surface area (TPSA) is 101 Å². The van der Waals surface area contributed by atoms with Gasteiger partial charge in [0.05, 0.1) is 24.1 Å². The third kappa shape index (κ3) is 8.36. The van der Waals surface area contributed by atoms with Crippen molar-refractivity contribution >= 4 is 17.4 Å². The highest BCUT2D eigenvalue weighted by atomic mass is 32.1. The van der Waals surface area contributed by atoms with Crippen molar-refractivity contribution < 1.29 is 24.1 Å². The summed E-state index contributed by atoms with van der Waals surface area (Å²) in [4.78, 5) is 28.1. The van der Waals surface area contributed by atoms with Crippen LogP contribution in [0.15, 0.2) is 59.4 Å². The van der Waals surface area contributed by atoms with E-state index >= 15 is 0 Å². The minimum Gasteiger partial charge on any atom is -0.494 e. The first kappa shape index (κ1) is 27.7. The van der Waals surface area contributed by atoms with Gasteiger partial charge >= 0.3 is 11.0 Å². The molecule has 1 amide bonds. The summed E-state index contributed by atoms with van der Waals surface area (Å²) in [6.07, 6.45) is 5.49. The van der Waals surface area contributed by atoms with Crippen LogP contribution in [0.5, 0.6) is 11.6 Å². The smallest absolute Gasteiger partial charge is 0.410 e. The van der Waals surface area contributed by atoms with E-state index in [1.54, 1.807) is 4.90 Å². The summed E-state index contributed by atoms with van der Waals surface area (Å²) < 4.78 is 17.2. The van der Waals surface area contributed by atoms with Gasteiger partial charge in [0.25, 0.3) is 0 Å². The van der Waals surface area contributed by atoms with Gasteiger partial charge < -0.3 is 19.3 Å². The van der Waals surface area contributed by atoms with E-state index in [4.69, 9.17) is 14.2 Å². The Bertz CT molecular complexity index is 1190. The predicted octanol–water partition coefficient (Wildman–Crippen LogP) is 5.14. The maximum atomic E-state index is 12.4. The second kappa shape index (κ2) is 14.0. The molecule has 38 heavy (non-hydrogen) atoms. The molecule has 2 N–H and O–H groups in total. The maximum absolute atomic E-state index is 12.4. The van der Waals surface area contributed by atoms with Crippen LogP contribution in [0.2, 0.25) is 0 Å². The molecule has 9 heteroatoms. The number of ether oxygens (including phenoxy) is 3. The second-order valence-corrected chi connectivity index (χ2v) is 10.7. The Morgan fingerprint density at radius 3 is 2.55 bits per heavy atom. The van der Waals surface area contributed by atoms with Crippen LogP contribution in [0.3, 0.4) is 0 Å². The van der Waals surface area contributed by atoms with Crippen LogP contribution >= 0.6 is 11.3 Å². The summed E-state index contributed by atoms with van der Waals surface area (Å²) in [5.41, 5.74) is 2.34. The molecule has 2 unspecified atom stereocenters. The van der Waals surface area contributed by atoms with E-state index in [0.717, 1.165) is 36.2 Å². The van der Waals surface area contributed by atoms with Crippen molar-refractivity contribution in [3.8, 4) is 11.6 Å². The van der Waals surface area contributed by atoms with Gasteiger partial charge in [-0.25, -0.2) is 4.79 Å². The fourth-order valence-electron chi connectivity index (χ4n) is 4.40. The number of benzene rings is 2. The Balaban J connectivity index is 1.09. The van der Waals surface area contributed by atoms with Crippen LogP contribution in [-0.4, -0.2) is 59.6 Å². The van der Waals surface area contributed by atoms with E-state index in [9.17, 15) is 14.7 Å². The number of unbranched alkanes of at least 4 members (excludes halogenated alkanes) is 3. The van der Waals surface area contributed by atoms with Crippen LogP contribution < -0.4 is 9.61 Å². The van der Waals surface area contributed by atoms with E-state index < -0.39 is 0 Å². The number of carbonyl (C=O) groups is 1. The summed E-state index contributed by atoms with van der Waals surface area (Å²) in [5.74, 6) is 0.605. The Morgan fingerprint density at radius 1 is 1.05 bits per heavy atom. The SMILES string of the molecule is CC(COc1ccc(Cc2sc(=O)[nH]c2O)cc1)N1CC(COCCCCCCc2ccccc2)OC1=O. The van der Waals surface area contributed by atoms with Crippen molar-refractivity contribution in [2.45, 2.75) is 57.6 Å². The first-order valence-electron chi connectivity index (χ1n) is 13.2. The van der Waals surface area contributed by atoms with Gasteiger partial charge in [-0.1, -0.05) is 66.6 Å². The second-order valence-electron chi connectivity index (χ2n) is 9.65. The quantitative estimate of drug-likeness (QED) is 0.259. The Morgan fingerprint density at radius 2 is 1.82 bits per heavy atom. The number of aromatic amines is 1. The molecule has 1 aromatic heterocycles. The highest BCUT2D eigenvalue weighted by molar-refractivity contribution is 7.09. The third-order valence-electron chi connectivity index (χ3n) is 6.56. The van der Waals surface area contributed by atoms with Crippen molar-refractivity contribution in [3.05, 3.63) is 80.3 Å². The van der Waals surface area contributed by atoms with E-state index in [1.165, 1.54) is 18.4 Å². The van der Waals surface area contributed by atoms with Gasteiger partial charge in [-0.05, 0) is 49.4 Å². The van der Waals surface area contributed by atoms with E-state index in [2.05, 4.69) is 29.2 Å². The number of carbonyl (C=O) groups excluding carboxylic acids is 1. The Labute approximate surface area is 227 Å². The molecule has 8 nitrogen and oxygen atoms in total. The first-order valence-corrected chi connectivity index (χ1v) is 14.0. The van der Waals surface area contributed by atoms with E-state index in [0.29, 0.717) is 43.4 Å². The number of aromatic hydroxyl groups is 1. The van der Waals surface area contributed by atoms with Crippen molar-refractivity contribution in [2.24, 2.45) is 0 Å². The van der Waals surface area contributed by atoms with Crippen LogP contribution in [0.25, 0.3) is 0 Å². The molecule has 0 saturated carbocycles. The fraction of sp³-hybridized carbons (Fsp3) is 0.448. The molecule has 0 bridgehead atoms. The summed E-state index contributed by atoms with van der Waals surface area (Å²) in [5, 5.41) is 9.75. The average Bonchev–Trinajstić information content (AvgIpc) is 3.45. The summed E-state index contributed by atoms with van der Waals surface area (Å²) >= 11 is 1.00. The number of thiazole rings is 1. The lowest BCUT2D eigenvalue weighted by atomic mass is 10.1. The lowest BCUT2D eigenvalue weighted by Gasteiger charge is -2.22. The number of amides is 1. The maximum Gasteiger partial charge on any atom is 0.410 e. The number of hydrogen-bond acceptors (Lipinski definition) is 7. The number of H-pyrrole nitrogens is 1. The van der Waals surface area contributed by atoms with Gasteiger partial charge in [-0.15, -0.1) is 0 Å². The highest BCUT2D eigenvalue weighted by Gasteiger charge is 2.34. The molecule has 0 spiro atoms. The molecule has 3 aromatic rings. The standard InChI is InChI=1S/C29H36N2O6S/c1-21(19-36-24-14-12-23(13-15-24)17-26-27(32)30-28(33)38-26)31-18-25(37-29(31)34)20-35-16-8-3-2-5-9-22-10-6-4-7-11-22/h4,6-7,10-15,21,25,32H,2-3,5,8-9,16-20H2,1H3,(H,30,33). The zero-order valence-corrected chi connectivity index (χ0v) is 22.6. The van der Waals surface area contributed by atoms with E-state index in [1.807, 2.05) is 37.3 Å². The third-order valence-corrected chi connectivity index (χ3v) is 7.44. The van der Waals surface area contributed by atoms with Crippen LogP contribution in [-0.2, 0) is 22.3 Å². The summed E-state index contributed by atoms with van der Waals surface area (Å²) in [6.45, 7) is 3.85. The van der Waals surface area contributed by atoms with Crippen molar-refractivity contribution in [2.75, 3.05) is 26.4 Å². The average molecular weight is 541 g/mol. The van der Waals surface area contributed by atoms with Crippen LogP contribution in [0, 0.1) is 0 Å². The van der Waals surface area contributed by atoms with Gasteiger partial charge in [0.2, 0.25) is 5.88 Å². The molecule has 2 heterocycles. The van der Waals surface area contributed by atoms with Gasteiger partial charge in [-0.2, -0.15) is 0 Å². The van der Waals surface area contributed by atoms with Crippen molar-refractivity contribution in [1.82, 2.24) is 9.88 Å². The Hall–Kier alpha value is -3.30. The van der Waals surface area contributed by atoms with Crippen LogP contribution in [0.4, 0.5) is 4.79 Å². The van der Waals surface area contributed by atoms with E-state index in [-0.39, 0.29) is 29.0 Å². The van der Waals surface area contributed by atoms with Crippen molar-refractivity contribution in [3.63, 3.8) is 0 Å². The first-order chi connectivity index (χ1) is 18.5. The molecule has 1 aliphatic rings. The van der Waals surface area contributed by atoms with Crippen molar-refractivity contribution in [1.29, 1.82) is 0 Å². The minimum absolute atomic E-state index is 0.0788. The fourth-order valence-corrected chi connectivity index (χ4v) is 5.16. The van der Waals surface area contributed by atoms with Gasteiger partial charge in [0.1, 0.15) is 18.5 Å². The molecule has 2 atom stereocenters. The Kier molecular flexibility index (Phi) is 10.2. The monoisotopic (exact) mass is 540 g/mol. The summed E-state index contributed by atoms with van der Waals surface area (Å²) in [6, 6.07) is 17.9. The normalized spacial score (nSPS) is 16.0. The van der Waals surface area contributed by atoms with Gasteiger partial charge in [0, 0.05) is 13.0 Å². The lowest BCUT2D eigenvalue weighted by molar-refractivity contribution is 0.0443. The highest BCUT2D eigenvalue weighted by Crippen LogP contribution is 2.22. The van der Waals surface area contributed by atoms with Gasteiger partial charge in [-0.3, -0.25) is 14.7 Å². The molecule has 2 aromatic carbocycles. The number of aryl methyl sites for hydroxylation is 1. The minimum atomic E-state index is -0.337. The van der Waals surface area contributed by atoms with Crippen LogP contribution in [0.1, 0.15) is 48.6 Å². The number of cyclic esters (lactones) is 1. The predicted molar refractivity (Wildman–Crippen MR) is 147 cm³/mol. The lowest BCUT2D eigenvalue weighted by Crippen LogP contribution is -2.38. The molecule has 1 saturated heterocycles. The molecule has 0 aliphatic carbocycles. The van der Waals surface area contributed by atoms with Gasteiger partial charge in [0.15, 0.2) is 0 Å². The molecular weight excluding hydrogens is 504 g/mol. The molecule has 4 rings (SSSR count). The zero-order valence-electron chi connectivity index (χ0n) is 21.8. The molecule has 0 radical (unpaired) electrons. The summed E-state index contributed by atoms with van der Waals surface area (Å²) in [7, 11) is 0. The largest absolute Gasteiger partial charge is 0.494 e. The molecule has 1 aliphatic heterocycles. The number of aromatic nitrogens is 1. The number of nitrogens with one attached hydrogen (secondary N) is 1. The molecular formula is C29H36N2O6S. The molecule has 204 valence electrons. The molecule has 1 fully saturated rings. The number of rotatable bonds is 15. The number of hydrogen-bond donors (Lipinski definition) is 2. The number of nitrogens with zero attached hydrogens (tertiary/aromatic N) is 1.